The van der Waals surface area contributed by atoms with E-state index in [0.717, 1.165) is 33.1 Å². The number of carbonyl (C=O) groups excluding carboxylic acids is 1. The summed E-state index contributed by atoms with van der Waals surface area (Å²) in [4.78, 5) is 14.7. The first-order valence-electron chi connectivity index (χ1n) is 8.08. The summed E-state index contributed by atoms with van der Waals surface area (Å²) in [5.41, 5.74) is 3.66. The second-order valence-electron chi connectivity index (χ2n) is 6.47. The van der Waals surface area contributed by atoms with E-state index in [1.807, 2.05) is 68.5 Å². The van der Waals surface area contributed by atoms with Gasteiger partial charge < -0.3 is 10.0 Å². The van der Waals surface area contributed by atoms with Crippen LogP contribution in [0.5, 0.6) is 0 Å². The molecule has 0 heterocycles. The van der Waals surface area contributed by atoms with E-state index in [1.54, 1.807) is 0 Å². The molecule has 1 unspecified atom stereocenters. The first-order chi connectivity index (χ1) is 11.4. The zero-order valence-corrected chi connectivity index (χ0v) is 16.0. The highest BCUT2D eigenvalue weighted by Crippen LogP contribution is 2.34. The number of ketones is 1. The Morgan fingerprint density at radius 2 is 1.79 bits per heavy atom. The largest absolute Gasteiger partial charge is 0.396 e. The number of hydrogen-bond donors (Lipinski definition) is 1. The van der Waals surface area contributed by atoms with E-state index in [2.05, 4.69) is 15.9 Å². The summed E-state index contributed by atoms with van der Waals surface area (Å²) in [6, 6.07) is 13.6. The normalized spacial score (nSPS) is 15.9. The first kappa shape index (κ1) is 18.8. The molecule has 0 saturated heterocycles. The molecule has 3 rings (SSSR count). The molecule has 24 heavy (non-hydrogen) atoms. The molecular weight excluding hydrogens is 366 g/mol. The Bertz CT molecular complexity index is 710. The van der Waals surface area contributed by atoms with E-state index in [1.165, 1.54) is 0 Å². The van der Waals surface area contributed by atoms with Crippen molar-refractivity contribution in [1.29, 1.82) is 0 Å². The number of aliphatic hydroxyl groups excluding tert-OH is 1. The smallest absolute Gasteiger partial charge is 0.193 e. The first-order valence-corrected chi connectivity index (χ1v) is 8.87. The predicted molar refractivity (Wildman–Crippen MR) is 102 cm³/mol. The minimum absolute atomic E-state index is 0.0866. The highest BCUT2D eigenvalue weighted by atomic mass is 79.9. The summed E-state index contributed by atoms with van der Waals surface area (Å²) >= 11 is 3.47. The second kappa shape index (κ2) is 8.56. The van der Waals surface area contributed by atoms with Gasteiger partial charge in [-0.05, 0) is 69.2 Å². The quantitative estimate of drug-likeness (QED) is 0.846. The fraction of sp³-hybridized carbons (Fsp3) is 0.350. The van der Waals surface area contributed by atoms with Crippen LogP contribution in [0.25, 0.3) is 0 Å². The monoisotopic (exact) mass is 389 g/mol. The molecule has 0 bridgehead atoms. The van der Waals surface area contributed by atoms with Crippen LogP contribution in [0.4, 0.5) is 0 Å². The van der Waals surface area contributed by atoms with E-state index in [0.29, 0.717) is 6.42 Å². The maximum Gasteiger partial charge on any atom is 0.193 e. The summed E-state index contributed by atoms with van der Waals surface area (Å²) < 4.78 is 0.984. The number of fused-ring (bicyclic) bond motifs is 2. The number of hydrogen-bond acceptors (Lipinski definition) is 3. The molecule has 2 aromatic carbocycles. The lowest BCUT2D eigenvalue weighted by atomic mass is 9.89. The van der Waals surface area contributed by atoms with E-state index >= 15 is 0 Å². The van der Waals surface area contributed by atoms with Crippen LogP contribution in [-0.2, 0) is 6.42 Å². The molecule has 1 aliphatic rings. The summed E-state index contributed by atoms with van der Waals surface area (Å²) in [5, 5.41) is 9.31. The zero-order chi connectivity index (χ0) is 17.7. The van der Waals surface area contributed by atoms with Crippen molar-refractivity contribution in [3.8, 4) is 0 Å². The fourth-order valence-electron chi connectivity index (χ4n) is 2.95. The Hall–Kier alpha value is -1.49. The summed E-state index contributed by atoms with van der Waals surface area (Å²) in [5.74, 6) is 0.277. The van der Waals surface area contributed by atoms with E-state index in [9.17, 15) is 9.90 Å². The van der Waals surface area contributed by atoms with Crippen LogP contribution in [0.15, 0.2) is 46.9 Å². The Morgan fingerprint density at radius 1 is 1.12 bits per heavy atom. The molecule has 0 radical (unpaired) electrons. The minimum Gasteiger partial charge on any atom is -0.396 e. The number of aliphatic hydroxyl groups is 1. The third-order valence-electron chi connectivity index (χ3n) is 3.90. The molecule has 4 heteroatoms. The van der Waals surface area contributed by atoms with Gasteiger partial charge in [0.05, 0.1) is 0 Å². The molecular formula is C20H24BrNO2. The Balaban J connectivity index is 0.000000471. The SMILES string of the molecule is CN(C)C.O=C1c2ccc(Br)cc2CC(CCO)c2ccccc21. The molecule has 0 spiro atoms. The van der Waals surface area contributed by atoms with Gasteiger partial charge in [0.15, 0.2) is 5.78 Å². The summed E-state index contributed by atoms with van der Waals surface area (Å²) in [7, 11) is 6.00. The lowest BCUT2D eigenvalue weighted by Crippen LogP contribution is -2.06. The van der Waals surface area contributed by atoms with Gasteiger partial charge in [0, 0.05) is 22.2 Å². The maximum atomic E-state index is 12.7. The fourth-order valence-corrected chi connectivity index (χ4v) is 3.35. The van der Waals surface area contributed by atoms with Gasteiger partial charge in [0.25, 0.3) is 0 Å². The molecule has 0 saturated carbocycles. The van der Waals surface area contributed by atoms with Gasteiger partial charge in [-0.2, -0.15) is 0 Å². The molecule has 1 atom stereocenters. The number of rotatable bonds is 2. The van der Waals surface area contributed by atoms with Gasteiger partial charge in [-0.25, -0.2) is 0 Å². The summed E-state index contributed by atoms with van der Waals surface area (Å²) in [6.07, 6.45) is 1.47. The number of nitrogens with zero attached hydrogens (tertiary/aromatic N) is 1. The lowest BCUT2D eigenvalue weighted by Gasteiger charge is -2.16. The van der Waals surface area contributed by atoms with Crippen LogP contribution < -0.4 is 0 Å². The van der Waals surface area contributed by atoms with Crippen LogP contribution in [0.1, 0.15) is 39.4 Å². The van der Waals surface area contributed by atoms with Crippen molar-refractivity contribution in [2.75, 3.05) is 27.7 Å². The lowest BCUT2D eigenvalue weighted by molar-refractivity contribution is 0.103. The van der Waals surface area contributed by atoms with Crippen molar-refractivity contribution in [2.45, 2.75) is 18.8 Å². The average molecular weight is 390 g/mol. The number of halogens is 1. The third kappa shape index (κ3) is 4.53. The molecule has 0 aliphatic heterocycles. The summed E-state index contributed by atoms with van der Waals surface area (Å²) in [6.45, 7) is 0.135. The van der Waals surface area contributed by atoms with Crippen LogP contribution in [0.3, 0.4) is 0 Å². The molecule has 0 amide bonds. The molecule has 128 valence electrons. The van der Waals surface area contributed by atoms with E-state index in [4.69, 9.17) is 0 Å². The number of carbonyl (C=O) groups is 1. The van der Waals surface area contributed by atoms with Gasteiger partial charge in [-0.3, -0.25) is 4.79 Å². The predicted octanol–water partition coefficient (Wildman–Crippen LogP) is 3.88. The molecule has 1 aliphatic carbocycles. The van der Waals surface area contributed by atoms with Crippen molar-refractivity contribution in [1.82, 2.24) is 4.90 Å². The Morgan fingerprint density at radius 3 is 2.46 bits per heavy atom. The van der Waals surface area contributed by atoms with Crippen molar-refractivity contribution in [3.63, 3.8) is 0 Å². The van der Waals surface area contributed by atoms with Gasteiger partial charge in [0.1, 0.15) is 0 Å². The average Bonchev–Trinajstić information content (AvgIpc) is 2.63. The topological polar surface area (TPSA) is 40.5 Å². The van der Waals surface area contributed by atoms with Crippen molar-refractivity contribution in [2.24, 2.45) is 0 Å². The minimum atomic E-state index is 0.0866. The molecule has 0 aromatic heterocycles. The molecule has 2 aromatic rings. The van der Waals surface area contributed by atoms with E-state index < -0.39 is 0 Å². The highest BCUT2D eigenvalue weighted by molar-refractivity contribution is 9.10. The van der Waals surface area contributed by atoms with E-state index in [-0.39, 0.29) is 18.3 Å². The molecule has 1 N–H and O–H groups in total. The number of benzene rings is 2. The van der Waals surface area contributed by atoms with Crippen molar-refractivity contribution >= 4 is 21.7 Å². The zero-order valence-electron chi connectivity index (χ0n) is 14.4. The maximum absolute atomic E-state index is 12.7. The highest BCUT2D eigenvalue weighted by Gasteiger charge is 2.26. The standard InChI is InChI=1S/C17H15BrO2.C3H9N/c18-13-5-6-15-12(10-13)9-11(7-8-19)14-3-1-2-4-16(14)17(15)20;1-4(2)3/h1-6,10-11,19H,7-9H2;1-3H3. The van der Waals surface area contributed by atoms with Gasteiger partial charge in [-0.15, -0.1) is 0 Å². The van der Waals surface area contributed by atoms with Crippen molar-refractivity contribution < 1.29 is 9.90 Å². The third-order valence-corrected chi connectivity index (χ3v) is 4.39. The molecule has 0 fully saturated rings. The Labute approximate surface area is 152 Å². The molecule has 3 nitrogen and oxygen atoms in total. The Kier molecular flexibility index (Phi) is 6.72. The van der Waals surface area contributed by atoms with Gasteiger partial charge in [0.2, 0.25) is 0 Å². The second-order valence-corrected chi connectivity index (χ2v) is 7.39. The van der Waals surface area contributed by atoms with Crippen LogP contribution in [0.2, 0.25) is 0 Å². The van der Waals surface area contributed by atoms with Crippen molar-refractivity contribution in [3.05, 3.63) is 69.2 Å². The van der Waals surface area contributed by atoms with Crippen LogP contribution in [-0.4, -0.2) is 43.5 Å². The van der Waals surface area contributed by atoms with Gasteiger partial charge in [-0.1, -0.05) is 40.2 Å². The van der Waals surface area contributed by atoms with Crippen LogP contribution >= 0.6 is 15.9 Å². The van der Waals surface area contributed by atoms with Crippen LogP contribution in [0, 0.1) is 0 Å². The van der Waals surface area contributed by atoms with Gasteiger partial charge >= 0.3 is 0 Å².